The number of nitrogens with one attached hydrogen (secondary N) is 1. The number of carbonyl (C=O) groups excluding carboxylic acids is 2. The Balaban J connectivity index is 1.91. The fourth-order valence-electron chi connectivity index (χ4n) is 3.81. The first-order chi connectivity index (χ1) is 15.7. The molecule has 0 aromatic heterocycles. The van der Waals surface area contributed by atoms with Gasteiger partial charge in [0.2, 0.25) is 0 Å². The molecule has 0 atom stereocenters. The number of benzene rings is 2. The first-order valence-corrected chi connectivity index (χ1v) is 11.5. The second-order valence-corrected chi connectivity index (χ2v) is 8.92. The molecule has 0 bridgehead atoms. The number of hydrogen-bond acceptors (Lipinski definition) is 5. The third kappa shape index (κ3) is 6.02. The van der Waals surface area contributed by atoms with E-state index in [4.69, 9.17) is 9.47 Å². The molecular weight excluding hydrogens is 416 g/mol. The zero-order valence-corrected chi connectivity index (χ0v) is 20.4. The Hall–Kier alpha value is -3.12. The van der Waals surface area contributed by atoms with E-state index in [1.54, 1.807) is 0 Å². The number of anilines is 1. The van der Waals surface area contributed by atoms with Gasteiger partial charge in [-0.15, -0.1) is 0 Å². The number of aryl methyl sites for hydroxylation is 2. The predicted octanol–water partition coefficient (Wildman–Crippen LogP) is 5.10. The Bertz CT molecular complexity index is 1040. The van der Waals surface area contributed by atoms with Crippen LogP contribution in [-0.2, 0) is 14.3 Å². The van der Waals surface area contributed by atoms with Gasteiger partial charge in [-0.1, -0.05) is 23.8 Å². The smallest absolute Gasteiger partial charge is 0.278 e. The van der Waals surface area contributed by atoms with Crippen LogP contribution in [0.15, 0.2) is 48.2 Å². The van der Waals surface area contributed by atoms with E-state index >= 15 is 0 Å². The maximum atomic E-state index is 13.4. The van der Waals surface area contributed by atoms with E-state index in [1.807, 2.05) is 84.0 Å². The van der Waals surface area contributed by atoms with Crippen LogP contribution in [0.25, 0.3) is 5.57 Å². The Morgan fingerprint density at radius 3 is 2.21 bits per heavy atom. The molecule has 1 aliphatic heterocycles. The second kappa shape index (κ2) is 10.7. The standard InChI is InChI=1S/C27H34N2O4/c1-17(2)32-15-7-14-29-26(30)24(23-13-8-19(5)16-20(23)6)25(27(29)31)28-21-9-11-22(12-10-21)33-18(3)4/h8-13,16-18,28H,7,14-15H2,1-6H3. The molecule has 6 nitrogen and oxygen atoms in total. The topological polar surface area (TPSA) is 67.9 Å². The molecule has 1 aliphatic rings. The van der Waals surface area contributed by atoms with Gasteiger partial charge in [-0.3, -0.25) is 14.5 Å². The summed E-state index contributed by atoms with van der Waals surface area (Å²) in [6, 6.07) is 13.3. The Kier molecular flexibility index (Phi) is 7.92. The highest BCUT2D eigenvalue weighted by Gasteiger charge is 2.39. The molecule has 0 fully saturated rings. The van der Waals surface area contributed by atoms with Crippen molar-refractivity contribution >= 4 is 23.1 Å². The Labute approximate surface area is 196 Å². The van der Waals surface area contributed by atoms with Gasteiger partial charge in [0.25, 0.3) is 11.8 Å². The minimum Gasteiger partial charge on any atom is -0.491 e. The molecule has 0 saturated heterocycles. The number of hydrogen-bond donors (Lipinski definition) is 1. The van der Waals surface area contributed by atoms with Crippen molar-refractivity contribution in [1.82, 2.24) is 4.90 Å². The SMILES string of the molecule is Cc1ccc(C2=C(Nc3ccc(OC(C)C)cc3)C(=O)N(CCCOC(C)C)C2=O)c(C)c1. The average Bonchev–Trinajstić information content (AvgIpc) is 2.96. The second-order valence-electron chi connectivity index (χ2n) is 8.92. The van der Waals surface area contributed by atoms with Crippen LogP contribution in [0.1, 0.15) is 50.8 Å². The maximum absolute atomic E-state index is 13.4. The van der Waals surface area contributed by atoms with Crippen molar-refractivity contribution in [3.8, 4) is 5.75 Å². The van der Waals surface area contributed by atoms with Crippen LogP contribution in [0.4, 0.5) is 5.69 Å². The van der Waals surface area contributed by atoms with Gasteiger partial charge in [0, 0.05) is 18.8 Å². The van der Waals surface area contributed by atoms with Gasteiger partial charge in [-0.05, 0) is 83.4 Å². The number of rotatable bonds is 10. The lowest BCUT2D eigenvalue weighted by Gasteiger charge is -2.16. The van der Waals surface area contributed by atoms with Crippen LogP contribution in [0.5, 0.6) is 5.75 Å². The highest BCUT2D eigenvalue weighted by Crippen LogP contribution is 2.33. The monoisotopic (exact) mass is 450 g/mol. The van der Waals surface area contributed by atoms with Crippen molar-refractivity contribution < 1.29 is 19.1 Å². The van der Waals surface area contributed by atoms with Crippen molar-refractivity contribution in [2.24, 2.45) is 0 Å². The molecule has 0 aliphatic carbocycles. The van der Waals surface area contributed by atoms with Crippen LogP contribution in [0.3, 0.4) is 0 Å². The normalized spacial score (nSPS) is 14.1. The molecule has 0 spiro atoms. The van der Waals surface area contributed by atoms with E-state index in [2.05, 4.69) is 5.32 Å². The summed E-state index contributed by atoms with van der Waals surface area (Å²) in [5.74, 6) is 0.153. The van der Waals surface area contributed by atoms with Crippen molar-refractivity contribution in [3.05, 3.63) is 64.9 Å². The number of nitrogens with zero attached hydrogens (tertiary/aromatic N) is 1. The van der Waals surface area contributed by atoms with Gasteiger partial charge in [0.05, 0.1) is 17.8 Å². The highest BCUT2D eigenvalue weighted by atomic mass is 16.5. The number of ether oxygens (including phenoxy) is 2. The molecule has 6 heteroatoms. The summed E-state index contributed by atoms with van der Waals surface area (Å²) in [6.07, 6.45) is 0.772. The maximum Gasteiger partial charge on any atom is 0.278 e. The molecule has 2 aromatic carbocycles. The lowest BCUT2D eigenvalue weighted by molar-refractivity contribution is -0.137. The van der Waals surface area contributed by atoms with Crippen LogP contribution in [-0.4, -0.2) is 42.1 Å². The molecule has 0 saturated carbocycles. The van der Waals surface area contributed by atoms with Crippen LogP contribution < -0.4 is 10.1 Å². The summed E-state index contributed by atoms with van der Waals surface area (Å²) in [7, 11) is 0. The van der Waals surface area contributed by atoms with E-state index in [9.17, 15) is 9.59 Å². The Morgan fingerprint density at radius 2 is 1.61 bits per heavy atom. The van der Waals surface area contributed by atoms with Gasteiger partial charge >= 0.3 is 0 Å². The summed E-state index contributed by atoms with van der Waals surface area (Å²) in [5.41, 5.74) is 4.25. The third-order valence-corrected chi connectivity index (χ3v) is 5.29. The average molecular weight is 451 g/mol. The quantitative estimate of drug-likeness (QED) is 0.403. The molecule has 0 unspecified atom stereocenters. The van der Waals surface area contributed by atoms with Gasteiger partial charge in [-0.25, -0.2) is 0 Å². The van der Waals surface area contributed by atoms with E-state index < -0.39 is 0 Å². The molecule has 33 heavy (non-hydrogen) atoms. The summed E-state index contributed by atoms with van der Waals surface area (Å²) < 4.78 is 11.3. The first-order valence-electron chi connectivity index (χ1n) is 11.5. The van der Waals surface area contributed by atoms with Crippen molar-refractivity contribution in [3.63, 3.8) is 0 Å². The van der Waals surface area contributed by atoms with Gasteiger partial charge in [-0.2, -0.15) is 0 Å². The molecule has 176 valence electrons. The molecule has 2 aromatic rings. The summed E-state index contributed by atoms with van der Waals surface area (Å²) >= 11 is 0. The minimum atomic E-state index is -0.318. The van der Waals surface area contributed by atoms with Gasteiger partial charge < -0.3 is 14.8 Å². The van der Waals surface area contributed by atoms with E-state index in [0.717, 1.165) is 28.1 Å². The van der Waals surface area contributed by atoms with E-state index in [0.29, 0.717) is 30.8 Å². The van der Waals surface area contributed by atoms with Crippen LogP contribution in [0, 0.1) is 13.8 Å². The largest absolute Gasteiger partial charge is 0.491 e. The predicted molar refractivity (Wildman–Crippen MR) is 131 cm³/mol. The number of carbonyl (C=O) groups is 2. The first kappa shape index (κ1) is 24.5. The highest BCUT2D eigenvalue weighted by molar-refractivity contribution is 6.36. The zero-order valence-electron chi connectivity index (χ0n) is 20.4. The molecule has 3 rings (SSSR count). The molecule has 0 radical (unpaired) electrons. The lowest BCUT2D eigenvalue weighted by Crippen LogP contribution is -2.34. The summed E-state index contributed by atoms with van der Waals surface area (Å²) in [4.78, 5) is 28.1. The van der Waals surface area contributed by atoms with Gasteiger partial charge in [0.15, 0.2) is 0 Å². The van der Waals surface area contributed by atoms with Gasteiger partial charge in [0.1, 0.15) is 11.4 Å². The van der Waals surface area contributed by atoms with E-state index in [1.165, 1.54) is 4.90 Å². The molecule has 2 amide bonds. The summed E-state index contributed by atoms with van der Waals surface area (Å²) in [6.45, 7) is 12.6. The van der Waals surface area contributed by atoms with Crippen molar-refractivity contribution in [2.45, 2.75) is 60.2 Å². The van der Waals surface area contributed by atoms with Crippen molar-refractivity contribution in [1.29, 1.82) is 0 Å². The van der Waals surface area contributed by atoms with Crippen LogP contribution >= 0.6 is 0 Å². The molecule has 1 N–H and O–H groups in total. The van der Waals surface area contributed by atoms with Crippen LogP contribution in [0.2, 0.25) is 0 Å². The van der Waals surface area contributed by atoms with E-state index in [-0.39, 0.29) is 24.0 Å². The zero-order chi connectivity index (χ0) is 24.1. The minimum absolute atomic E-state index is 0.0740. The molecule has 1 heterocycles. The summed E-state index contributed by atoms with van der Waals surface area (Å²) in [5, 5.41) is 3.21. The fourth-order valence-corrected chi connectivity index (χ4v) is 3.81. The lowest BCUT2D eigenvalue weighted by atomic mass is 9.97. The fraction of sp³-hybridized carbons (Fsp3) is 0.407. The molecular formula is C27H34N2O4. The third-order valence-electron chi connectivity index (χ3n) is 5.29. The van der Waals surface area contributed by atoms with Crippen molar-refractivity contribution in [2.75, 3.05) is 18.5 Å². The number of amides is 2. The number of imide groups is 1. The Morgan fingerprint density at radius 1 is 0.909 bits per heavy atom.